The smallest absolute Gasteiger partial charge is 0.0646 e. The van der Waals surface area contributed by atoms with Crippen LogP contribution in [-0.2, 0) is 4.74 Å². The summed E-state index contributed by atoms with van der Waals surface area (Å²) in [4.78, 5) is 0. The van der Waals surface area contributed by atoms with Crippen molar-refractivity contribution in [3.05, 3.63) is 36.5 Å². The van der Waals surface area contributed by atoms with E-state index in [1.807, 2.05) is 6.08 Å². The maximum absolute atomic E-state index is 4.90. The van der Waals surface area contributed by atoms with Crippen LogP contribution in [0.25, 0.3) is 0 Å². The van der Waals surface area contributed by atoms with E-state index in [1.54, 1.807) is 13.2 Å². The summed E-state index contributed by atoms with van der Waals surface area (Å²) >= 11 is 0. The minimum Gasteiger partial charge on any atom is -0.381 e. The van der Waals surface area contributed by atoms with Crippen molar-refractivity contribution in [2.24, 2.45) is 0 Å². The lowest BCUT2D eigenvalue weighted by molar-refractivity contribution is 0.233. The molecule has 0 aromatic rings. The molecule has 1 heteroatoms. The quantitative estimate of drug-likeness (QED) is 0.435. The highest BCUT2D eigenvalue weighted by molar-refractivity contribution is 5.07. The molecular weight excluding hydrogens is 136 g/mol. The van der Waals surface area contributed by atoms with E-state index in [0.29, 0.717) is 6.61 Å². The zero-order valence-electron chi connectivity index (χ0n) is 7.34. The molecule has 11 heavy (non-hydrogen) atoms. The van der Waals surface area contributed by atoms with Crippen molar-refractivity contribution in [2.45, 2.75) is 13.3 Å². The topological polar surface area (TPSA) is 9.23 Å². The minimum atomic E-state index is 0.702. The van der Waals surface area contributed by atoms with Crippen LogP contribution in [0.5, 0.6) is 0 Å². The number of hydrogen-bond acceptors (Lipinski definition) is 1. The summed E-state index contributed by atoms with van der Waals surface area (Å²) in [7, 11) is 1.70. The number of rotatable bonds is 5. The summed E-state index contributed by atoms with van der Waals surface area (Å²) < 4.78 is 4.90. The van der Waals surface area contributed by atoms with Crippen LogP contribution in [0.3, 0.4) is 0 Å². The Hall–Kier alpha value is -0.820. The Bertz CT molecular complexity index is 154. The normalized spacial score (nSPS) is 12.4. The predicted molar refractivity (Wildman–Crippen MR) is 49.6 cm³/mol. The number of allylic oxidation sites excluding steroid dienone is 4. The zero-order valence-corrected chi connectivity index (χ0v) is 7.34. The van der Waals surface area contributed by atoms with E-state index in [1.165, 1.54) is 5.57 Å². The molecule has 0 heterocycles. The fourth-order valence-corrected chi connectivity index (χ4v) is 0.659. The van der Waals surface area contributed by atoms with Gasteiger partial charge in [-0.05, 0) is 13.3 Å². The fourth-order valence-electron chi connectivity index (χ4n) is 0.659. The molecule has 0 fully saturated rings. The summed E-state index contributed by atoms with van der Waals surface area (Å²) in [5.74, 6) is 0. The van der Waals surface area contributed by atoms with Crippen molar-refractivity contribution in [3.8, 4) is 0 Å². The Kier molecular flexibility index (Phi) is 6.75. The molecule has 0 unspecified atom stereocenters. The molecule has 0 aliphatic rings. The number of methoxy groups -OCH3 is 1. The third-order valence-corrected chi connectivity index (χ3v) is 1.31. The lowest BCUT2D eigenvalue weighted by Crippen LogP contribution is -1.83. The van der Waals surface area contributed by atoms with Crippen LogP contribution >= 0.6 is 0 Å². The first kappa shape index (κ1) is 10.2. The van der Waals surface area contributed by atoms with Gasteiger partial charge in [-0.2, -0.15) is 0 Å². The SMILES string of the molecule is C=C/C=C\C/C(C)=C\COC. The van der Waals surface area contributed by atoms with Gasteiger partial charge in [-0.15, -0.1) is 0 Å². The predicted octanol–water partition coefficient (Wildman–Crippen LogP) is 2.71. The molecule has 62 valence electrons. The van der Waals surface area contributed by atoms with E-state index in [4.69, 9.17) is 4.74 Å². The highest BCUT2D eigenvalue weighted by Gasteiger charge is 1.82. The molecule has 0 spiro atoms. The molecule has 0 saturated carbocycles. The van der Waals surface area contributed by atoms with E-state index < -0.39 is 0 Å². The molecule has 0 aliphatic carbocycles. The van der Waals surface area contributed by atoms with Gasteiger partial charge >= 0.3 is 0 Å². The van der Waals surface area contributed by atoms with Crippen LogP contribution in [0.1, 0.15) is 13.3 Å². The highest BCUT2D eigenvalue weighted by Crippen LogP contribution is 2.00. The second-order valence-electron chi connectivity index (χ2n) is 2.37. The molecular formula is C10H16O. The van der Waals surface area contributed by atoms with E-state index in [9.17, 15) is 0 Å². The average Bonchev–Trinajstić information content (AvgIpc) is 2.01. The number of hydrogen-bond donors (Lipinski definition) is 0. The molecule has 0 N–H and O–H groups in total. The Morgan fingerprint density at radius 2 is 2.27 bits per heavy atom. The van der Waals surface area contributed by atoms with E-state index in [0.717, 1.165) is 6.42 Å². The third-order valence-electron chi connectivity index (χ3n) is 1.31. The molecule has 0 rings (SSSR count). The molecule has 0 saturated heterocycles. The molecule has 1 nitrogen and oxygen atoms in total. The lowest BCUT2D eigenvalue weighted by atomic mass is 10.2. The van der Waals surface area contributed by atoms with Gasteiger partial charge in [0.2, 0.25) is 0 Å². The molecule has 0 radical (unpaired) electrons. The molecule has 0 aliphatic heterocycles. The third kappa shape index (κ3) is 7.07. The largest absolute Gasteiger partial charge is 0.381 e. The maximum Gasteiger partial charge on any atom is 0.0646 e. The second-order valence-corrected chi connectivity index (χ2v) is 2.37. The summed E-state index contributed by atoms with van der Waals surface area (Å²) in [6.45, 7) is 6.38. The van der Waals surface area contributed by atoms with Gasteiger partial charge in [-0.3, -0.25) is 0 Å². The van der Waals surface area contributed by atoms with Gasteiger partial charge in [0.15, 0.2) is 0 Å². The summed E-state index contributed by atoms with van der Waals surface area (Å²) in [6, 6.07) is 0. The van der Waals surface area contributed by atoms with Crippen molar-refractivity contribution >= 4 is 0 Å². The van der Waals surface area contributed by atoms with Crippen molar-refractivity contribution < 1.29 is 4.74 Å². The zero-order chi connectivity index (χ0) is 8.53. The van der Waals surface area contributed by atoms with Crippen LogP contribution in [0, 0.1) is 0 Å². The Labute approximate surface area is 69.1 Å². The van der Waals surface area contributed by atoms with Crippen molar-refractivity contribution in [3.63, 3.8) is 0 Å². The van der Waals surface area contributed by atoms with Gasteiger partial charge in [0.05, 0.1) is 6.61 Å². The van der Waals surface area contributed by atoms with Gasteiger partial charge in [0, 0.05) is 7.11 Å². The second kappa shape index (κ2) is 7.29. The van der Waals surface area contributed by atoms with Gasteiger partial charge in [-0.1, -0.05) is 36.5 Å². The molecule has 0 aromatic heterocycles. The molecule has 0 atom stereocenters. The van der Waals surface area contributed by atoms with Crippen LogP contribution in [0.2, 0.25) is 0 Å². The molecule has 0 amide bonds. The Balaban J connectivity index is 3.58. The fraction of sp³-hybridized carbons (Fsp3) is 0.400. The number of ether oxygens (including phenoxy) is 1. The maximum atomic E-state index is 4.90. The van der Waals surface area contributed by atoms with Crippen LogP contribution in [-0.4, -0.2) is 13.7 Å². The lowest BCUT2D eigenvalue weighted by Gasteiger charge is -1.94. The summed E-state index contributed by atoms with van der Waals surface area (Å²) in [5.41, 5.74) is 1.32. The summed E-state index contributed by atoms with van der Waals surface area (Å²) in [5, 5.41) is 0. The summed E-state index contributed by atoms with van der Waals surface area (Å²) in [6.07, 6.45) is 8.87. The first-order valence-corrected chi connectivity index (χ1v) is 3.73. The van der Waals surface area contributed by atoms with Gasteiger partial charge in [0.25, 0.3) is 0 Å². The van der Waals surface area contributed by atoms with Gasteiger partial charge in [0.1, 0.15) is 0 Å². The van der Waals surface area contributed by atoms with E-state index >= 15 is 0 Å². The first-order chi connectivity index (χ1) is 5.31. The first-order valence-electron chi connectivity index (χ1n) is 3.73. The monoisotopic (exact) mass is 152 g/mol. The van der Waals surface area contributed by atoms with Crippen LogP contribution in [0.4, 0.5) is 0 Å². The van der Waals surface area contributed by atoms with Gasteiger partial charge in [-0.25, -0.2) is 0 Å². The van der Waals surface area contributed by atoms with E-state index in [2.05, 4.69) is 25.7 Å². The van der Waals surface area contributed by atoms with Crippen LogP contribution in [0.15, 0.2) is 36.5 Å². The van der Waals surface area contributed by atoms with Crippen molar-refractivity contribution in [1.82, 2.24) is 0 Å². The minimum absolute atomic E-state index is 0.702. The Morgan fingerprint density at radius 3 is 2.82 bits per heavy atom. The average molecular weight is 152 g/mol. The highest BCUT2D eigenvalue weighted by atomic mass is 16.5. The van der Waals surface area contributed by atoms with Crippen LogP contribution < -0.4 is 0 Å². The molecule has 0 bridgehead atoms. The van der Waals surface area contributed by atoms with Crippen molar-refractivity contribution in [1.29, 1.82) is 0 Å². The van der Waals surface area contributed by atoms with Gasteiger partial charge < -0.3 is 4.74 Å². The standard InChI is InChI=1S/C10H16O/c1-4-5-6-7-10(2)8-9-11-3/h4-6,8H,1,7,9H2,2-3H3/b6-5-,10-8-. The van der Waals surface area contributed by atoms with Crippen molar-refractivity contribution in [2.75, 3.05) is 13.7 Å². The molecule has 0 aromatic carbocycles. The Morgan fingerprint density at radius 1 is 1.55 bits per heavy atom. The van der Waals surface area contributed by atoms with E-state index in [-0.39, 0.29) is 0 Å².